The Labute approximate surface area is 93.7 Å². The van der Waals surface area contributed by atoms with Crippen molar-refractivity contribution in [3.8, 4) is 0 Å². The Bertz CT molecular complexity index is 453. The van der Waals surface area contributed by atoms with Gasteiger partial charge in [-0.25, -0.2) is 9.97 Å². The van der Waals surface area contributed by atoms with Crippen molar-refractivity contribution in [2.75, 3.05) is 5.73 Å². The molecule has 1 aliphatic carbocycles. The molecule has 2 rings (SSSR count). The highest BCUT2D eigenvalue weighted by molar-refractivity contribution is 5.82. The summed E-state index contributed by atoms with van der Waals surface area (Å²) in [6, 6.07) is 0. The second kappa shape index (κ2) is 3.43. The monoisotopic (exact) mass is 221 g/mol. The van der Waals surface area contributed by atoms with Gasteiger partial charge in [-0.2, -0.15) is 0 Å². The minimum Gasteiger partial charge on any atom is -0.481 e. The average Bonchev–Trinajstić information content (AvgIpc) is 2.10. The molecule has 0 unspecified atom stereocenters. The van der Waals surface area contributed by atoms with Gasteiger partial charge in [0.2, 0.25) is 5.95 Å². The first-order valence-corrected chi connectivity index (χ1v) is 5.32. The van der Waals surface area contributed by atoms with Gasteiger partial charge < -0.3 is 10.8 Å². The van der Waals surface area contributed by atoms with Crippen LogP contribution in [0.25, 0.3) is 0 Å². The number of carbonyl (C=O) groups is 1. The number of aromatic nitrogens is 2. The Hall–Kier alpha value is -1.65. The second-order valence-corrected chi connectivity index (χ2v) is 4.38. The van der Waals surface area contributed by atoms with E-state index in [0.29, 0.717) is 18.5 Å². The molecular formula is C11H15N3O2. The average molecular weight is 221 g/mol. The summed E-state index contributed by atoms with van der Waals surface area (Å²) in [7, 11) is 0. The van der Waals surface area contributed by atoms with E-state index in [1.165, 1.54) is 0 Å². The predicted molar refractivity (Wildman–Crippen MR) is 59.1 cm³/mol. The highest BCUT2D eigenvalue weighted by atomic mass is 16.4. The highest BCUT2D eigenvalue weighted by Gasteiger charge is 2.48. The van der Waals surface area contributed by atoms with Gasteiger partial charge in [0.25, 0.3) is 0 Å². The lowest BCUT2D eigenvalue weighted by atomic mass is 9.65. The minimum atomic E-state index is -0.827. The Morgan fingerprint density at radius 2 is 2.00 bits per heavy atom. The second-order valence-electron chi connectivity index (χ2n) is 4.38. The van der Waals surface area contributed by atoms with E-state index in [4.69, 9.17) is 5.73 Å². The van der Waals surface area contributed by atoms with Crippen LogP contribution in [0, 0.1) is 13.8 Å². The molecule has 1 aromatic heterocycles. The molecule has 0 radical (unpaired) electrons. The van der Waals surface area contributed by atoms with Crippen LogP contribution in [0.3, 0.4) is 0 Å². The lowest BCUT2D eigenvalue weighted by molar-refractivity contribution is -0.147. The Morgan fingerprint density at radius 3 is 2.44 bits per heavy atom. The van der Waals surface area contributed by atoms with Gasteiger partial charge in [0.05, 0.1) is 5.69 Å². The van der Waals surface area contributed by atoms with Crippen molar-refractivity contribution in [3.63, 3.8) is 0 Å². The lowest BCUT2D eigenvalue weighted by Gasteiger charge is -2.38. The maximum absolute atomic E-state index is 11.4. The Kier molecular flexibility index (Phi) is 2.33. The van der Waals surface area contributed by atoms with Crippen LogP contribution in [0.1, 0.15) is 36.2 Å². The zero-order chi connectivity index (χ0) is 11.9. The molecule has 5 nitrogen and oxygen atoms in total. The summed E-state index contributed by atoms with van der Waals surface area (Å²) in [4.78, 5) is 19.6. The summed E-state index contributed by atoms with van der Waals surface area (Å²) in [6.45, 7) is 3.68. The quantitative estimate of drug-likeness (QED) is 0.782. The van der Waals surface area contributed by atoms with Gasteiger partial charge >= 0.3 is 5.97 Å². The van der Waals surface area contributed by atoms with Gasteiger partial charge in [-0.3, -0.25) is 4.79 Å². The van der Waals surface area contributed by atoms with Crippen molar-refractivity contribution in [2.24, 2.45) is 0 Å². The van der Waals surface area contributed by atoms with E-state index in [1.807, 2.05) is 13.8 Å². The first kappa shape index (κ1) is 10.9. The maximum Gasteiger partial charge on any atom is 0.315 e. The summed E-state index contributed by atoms with van der Waals surface area (Å²) in [5, 5.41) is 9.34. The SMILES string of the molecule is Cc1nc(N)nc(C2(C(=O)O)CCC2)c1C. The normalized spacial score (nSPS) is 17.9. The summed E-state index contributed by atoms with van der Waals surface area (Å²) in [6.07, 6.45) is 2.20. The molecule has 16 heavy (non-hydrogen) atoms. The number of carboxylic acids is 1. The van der Waals surface area contributed by atoms with Crippen molar-refractivity contribution in [1.82, 2.24) is 9.97 Å². The van der Waals surface area contributed by atoms with Crippen LogP contribution in [0.15, 0.2) is 0 Å². The lowest BCUT2D eigenvalue weighted by Crippen LogP contribution is -2.44. The van der Waals surface area contributed by atoms with Crippen molar-refractivity contribution in [1.29, 1.82) is 0 Å². The van der Waals surface area contributed by atoms with Gasteiger partial charge in [0.1, 0.15) is 5.41 Å². The van der Waals surface area contributed by atoms with E-state index in [1.54, 1.807) is 0 Å². The molecular weight excluding hydrogens is 206 g/mol. The molecule has 3 N–H and O–H groups in total. The third-order valence-corrected chi connectivity index (χ3v) is 3.48. The molecule has 1 aromatic rings. The molecule has 0 saturated heterocycles. The number of nitrogen functional groups attached to an aromatic ring is 1. The fourth-order valence-corrected chi connectivity index (χ4v) is 2.20. The largest absolute Gasteiger partial charge is 0.481 e. The molecule has 0 aliphatic heterocycles. The third kappa shape index (κ3) is 1.35. The number of aryl methyl sites for hydroxylation is 1. The smallest absolute Gasteiger partial charge is 0.315 e. The van der Waals surface area contributed by atoms with E-state index in [9.17, 15) is 9.90 Å². The van der Waals surface area contributed by atoms with Gasteiger partial charge in [-0.05, 0) is 32.3 Å². The van der Waals surface area contributed by atoms with Gasteiger partial charge in [0.15, 0.2) is 0 Å². The van der Waals surface area contributed by atoms with E-state index < -0.39 is 11.4 Å². The summed E-state index contributed by atoms with van der Waals surface area (Å²) < 4.78 is 0. The summed E-state index contributed by atoms with van der Waals surface area (Å²) >= 11 is 0. The fourth-order valence-electron chi connectivity index (χ4n) is 2.20. The van der Waals surface area contributed by atoms with Crippen LogP contribution in [0.4, 0.5) is 5.95 Å². The Morgan fingerprint density at radius 1 is 1.38 bits per heavy atom. The van der Waals surface area contributed by atoms with Gasteiger partial charge in [0, 0.05) is 5.69 Å². The van der Waals surface area contributed by atoms with Gasteiger partial charge in [-0.1, -0.05) is 6.42 Å². The molecule has 1 fully saturated rings. The third-order valence-electron chi connectivity index (χ3n) is 3.48. The number of nitrogens with two attached hydrogens (primary N) is 1. The number of hydrogen-bond acceptors (Lipinski definition) is 4. The maximum atomic E-state index is 11.4. The minimum absolute atomic E-state index is 0.158. The van der Waals surface area contributed by atoms with E-state index in [-0.39, 0.29) is 5.95 Å². The van der Waals surface area contributed by atoms with Gasteiger partial charge in [-0.15, -0.1) is 0 Å². The number of nitrogens with zero attached hydrogens (tertiary/aromatic N) is 2. The summed E-state index contributed by atoms with van der Waals surface area (Å²) in [5.74, 6) is -0.648. The van der Waals surface area contributed by atoms with E-state index in [0.717, 1.165) is 17.7 Å². The number of anilines is 1. The van der Waals surface area contributed by atoms with Crippen LogP contribution in [-0.2, 0) is 10.2 Å². The van der Waals surface area contributed by atoms with Crippen molar-refractivity contribution < 1.29 is 9.90 Å². The molecule has 1 saturated carbocycles. The first-order chi connectivity index (χ1) is 7.47. The zero-order valence-corrected chi connectivity index (χ0v) is 9.45. The summed E-state index contributed by atoms with van der Waals surface area (Å²) in [5.41, 5.74) is 6.96. The van der Waals surface area contributed by atoms with Crippen LogP contribution < -0.4 is 5.73 Å². The molecule has 0 aromatic carbocycles. The molecule has 86 valence electrons. The highest BCUT2D eigenvalue weighted by Crippen LogP contribution is 2.44. The number of rotatable bonds is 2. The van der Waals surface area contributed by atoms with Crippen molar-refractivity contribution in [2.45, 2.75) is 38.5 Å². The molecule has 0 spiro atoms. The molecule has 0 amide bonds. The standard InChI is InChI=1S/C11H15N3O2/c1-6-7(2)13-10(12)14-8(6)11(9(15)16)4-3-5-11/h3-5H2,1-2H3,(H,15,16)(H2,12,13,14). The van der Waals surface area contributed by atoms with Crippen molar-refractivity contribution >= 4 is 11.9 Å². The van der Waals surface area contributed by atoms with E-state index >= 15 is 0 Å². The van der Waals surface area contributed by atoms with E-state index in [2.05, 4.69) is 9.97 Å². The molecule has 0 atom stereocenters. The molecule has 1 heterocycles. The Balaban J connectivity index is 2.59. The fraction of sp³-hybridized carbons (Fsp3) is 0.545. The van der Waals surface area contributed by atoms with Crippen LogP contribution in [-0.4, -0.2) is 21.0 Å². The first-order valence-electron chi connectivity index (χ1n) is 5.32. The van der Waals surface area contributed by atoms with Crippen LogP contribution >= 0.6 is 0 Å². The molecule has 1 aliphatic rings. The topological polar surface area (TPSA) is 89.1 Å². The molecule has 0 bridgehead atoms. The number of hydrogen-bond donors (Lipinski definition) is 2. The van der Waals surface area contributed by atoms with Crippen LogP contribution in [0.5, 0.6) is 0 Å². The predicted octanol–water partition coefficient (Wildman–Crippen LogP) is 1.18. The zero-order valence-electron chi connectivity index (χ0n) is 9.45. The van der Waals surface area contributed by atoms with Crippen molar-refractivity contribution in [3.05, 3.63) is 17.0 Å². The van der Waals surface area contributed by atoms with Crippen LogP contribution in [0.2, 0.25) is 0 Å². The number of aliphatic carboxylic acids is 1. The number of carboxylic acid groups (broad SMARTS) is 1. The molecule has 5 heteroatoms.